The molecule has 0 spiro atoms. The Hall–Kier alpha value is -3.28. The number of aromatic nitrogens is 3. The number of halogens is 1. The molecule has 5 nitrogen and oxygen atoms in total. The number of H-pyrrole nitrogens is 1. The second-order valence-electron chi connectivity index (χ2n) is 7.10. The number of nitrogens with zero attached hydrogens (tertiary/aromatic N) is 2. The van der Waals surface area contributed by atoms with E-state index in [1.807, 2.05) is 0 Å². The van der Waals surface area contributed by atoms with Gasteiger partial charge >= 0.3 is 0 Å². The first-order valence-electron chi connectivity index (χ1n) is 9.21. The fourth-order valence-electron chi connectivity index (χ4n) is 3.30. The van der Waals surface area contributed by atoms with Crippen molar-refractivity contribution in [2.24, 2.45) is 0 Å². The summed E-state index contributed by atoms with van der Waals surface area (Å²) in [7, 11) is 0. The number of nitrogens with one attached hydrogen (secondary N) is 2. The van der Waals surface area contributed by atoms with Crippen LogP contribution in [0.3, 0.4) is 0 Å². The first-order valence-corrected chi connectivity index (χ1v) is 9.21. The molecule has 0 aliphatic carbocycles. The number of imidazole rings is 1. The highest BCUT2D eigenvalue weighted by Gasteiger charge is 2.12. The smallest absolute Gasteiger partial charge is 0.253 e. The molecule has 0 bridgehead atoms. The van der Waals surface area contributed by atoms with E-state index < -0.39 is 0 Å². The molecule has 0 radical (unpaired) electrons. The van der Waals surface area contributed by atoms with Crippen molar-refractivity contribution in [3.8, 4) is 0 Å². The number of aromatic amines is 1. The SMILES string of the molecule is Cc1cc2nc(CCNC(=O)c3cc4cc(F)ccc4nc3C)[nH]c2cc1C. The number of aryl methyl sites for hydroxylation is 3. The van der Waals surface area contributed by atoms with Crippen LogP contribution in [0.5, 0.6) is 0 Å². The van der Waals surface area contributed by atoms with Crippen LogP contribution in [0, 0.1) is 26.6 Å². The van der Waals surface area contributed by atoms with Gasteiger partial charge in [-0.3, -0.25) is 9.78 Å². The third-order valence-electron chi connectivity index (χ3n) is 5.01. The molecule has 4 aromatic rings. The number of fused-ring (bicyclic) bond motifs is 2. The van der Waals surface area contributed by atoms with E-state index in [0.29, 0.717) is 35.1 Å². The monoisotopic (exact) mass is 376 g/mol. The maximum Gasteiger partial charge on any atom is 0.253 e. The van der Waals surface area contributed by atoms with Crippen LogP contribution in [0.1, 0.15) is 33.0 Å². The number of rotatable bonds is 4. The van der Waals surface area contributed by atoms with Crippen LogP contribution >= 0.6 is 0 Å². The molecule has 28 heavy (non-hydrogen) atoms. The zero-order chi connectivity index (χ0) is 19.8. The number of benzene rings is 2. The predicted octanol–water partition coefficient (Wildman–Crippen LogP) is 4.15. The summed E-state index contributed by atoms with van der Waals surface area (Å²) in [4.78, 5) is 24.9. The third kappa shape index (κ3) is 3.45. The van der Waals surface area contributed by atoms with Crippen molar-refractivity contribution in [2.75, 3.05) is 6.54 Å². The summed E-state index contributed by atoms with van der Waals surface area (Å²) in [6.45, 7) is 6.36. The summed E-state index contributed by atoms with van der Waals surface area (Å²) in [6, 6.07) is 10.2. The van der Waals surface area contributed by atoms with Crippen molar-refractivity contribution in [1.29, 1.82) is 0 Å². The Labute approximate surface area is 162 Å². The van der Waals surface area contributed by atoms with Crippen molar-refractivity contribution in [3.63, 3.8) is 0 Å². The number of hydrogen-bond donors (Lipinski definition) is 2. The lowest BCUT2D eigenvalue weighted by Crippen LogP contribution is -2.26. The summed E-state index contributed by atoms with van der Waals surface area (Å²) >= 11 is 0. The van der Waals surface area contributed by atoms with Gasteiger partial charge in [0.1, 0.15) is 11.6 Å². The normalized spacial score (nSPS) is 11.3. The molecule has 4 rings (SSSR count). The Morgan fingerprint density at radius 1 is 1.04 bits per heavy atom. The Kier molecular flexibility index (Phi) is 4.55. The van der Waals surface area contributed by atoms with Gasteiger partial charge in [-0.05, 0) is 68.3 Å². The first kappa shape index (κ1) is 18.1. The van der Waals surface area contributed by atoms with Gasteiger partial charge in [-0.2, -0.15) is 0 Å². The second kappa shape index (κ2) is 7.03. The van der Waals surface area contributed by atoms with Crippen LogP contribution in [0.4, 0.5) is 4.39 Å². The molecule has 0 saturated carbocycles. The van der Waals surface area contributed by atoms with Crippen molar-refractivity contribution in [2.45, 2.75) is 27.2 Å². The number of amides is 1. The van der Waals surface area contributed by atoms with Gasteiger partial charge in [0, 0.05) is 18.4 Å². The van der Waals surface area contributed by atoms with Crippen molar-refractivity contribution >= 4 is 27.8 Å². The highest BCUT2D eigenvalue weighted by Crippen LogP contribution is 2.19. The molecule has 0 aliphatic heterocycles. The second-order valence-corrected chi connectivity index (χ2v) is 7.10. The minimum atomic E-state index is -0.347. The fourth-order valence-corrected chi connectivity index (χ4v) is 3.30. The van der Waals surface area contributed by atoms with E-state index in [-0.39, 0.29) is 11.7 Å². The summed E-state index contributed by atoms with van der Waals surface area (Å²) < 4.78 is 13.5. The minimum Gasteiger partial charge on any atom is -0.352 e. The van der Waals surface area contributed by atoms with Crippen molar-refractivity contribution in [3.05, 3.63) is 70.4 Å². The number of carbonyl (C=O) groups is 1. The van der Waals surface area contributed by atoms with E-state index in [1.54, 1.807) is 19.1 Å². The molecule has 2 aromatic heterocycles. The summed E-state index contributed by atoms with van der Waals surface area (Å²) in [6.07, 6.45) is 0.590. The summed E-state index contributed by atoms with van der Waals surface area (Å²) in [5.74, 6) is 0.259. The Morgan fingerprint density at radius 2 is 1.82 bits per heavy atom. The number of carbonyl (C=O) groups excluding carboxylic acids is 1. The first-order chi connectivity index (χ1) is 13.4. The molecule has 1 amide bonds. The van der Waals surface area contributed by atoms with E-state index in [2.05, 4.69) is 46.2 Å². The molecule has 2 aromatic carbocycles. The average molecular weight is 376 g/mol. The molecule has 0 saturated heterocycles. The average Bonchev–Trinajstić information content (AvgIpc) is 3.03. The zero-order valence-electron chi connectivity index (χ0n) is 16.1. The molecule has 142 valence electrons. The van der Waals surface area contributed by atoms with E-state index in [9.17, 15) is 9.18 Å². The lowest BCUT2D eigenvalue weighted by Gasteiger charge is -2.08. The van der Waals surface area contributed by atoms with Crippen LogP contribution in [-0.4, -0.2) is 27.4 Å². The number of pyridine rings is 1. The van der Waals surface area contributed by atoms with Gasteiger partial charge in [0.15, 0.2) is 0 Å². The van der Waals surface area contributed by atoms with Crippen LogP contribution in [0.25, 0.3) is 21.9 Å². The summed E-state index contributed by atoms with van der Waals surface area (Å²) in [5.41, 5.74) is 6.09. The quantitative estimate of drug-likeness (QED) is 0.562. The molecule has 0 fully saturated rings. The van der Waals surface area contributed by atoms with Gasteiger partial charge in [0.05, 0.1) is 27.8 Å². The van der Waals surface area contributed by atoms with E-state index >= 15 is 0 Å². The topological polar surface area (TPSA) is 70.7 Å². The van der Waals surface area contributed by atoms with Gasteiger partial charge in [-0.1, -0.05) is 0 Å². The molecule has 0 atom stereocenters. The molecular formula is C22H21FN4O. The maximum atomic E-state index is 13.5. The molecule has 2 heterocycles. The van der Waals surface area contributed by atoms with Crippen LogP contribution in [-0.2, 0) is 6.42 Å². The fraction of sp³-hybridized carbons (Fsp3) is 0.227. The molecule has 2 N–H and O–H groups in total. The lowest BCUT2D eigenvalue weighted by atomic mass is 10.1. The largest absolute Gasteiger partial charge is 0.352 e. The standard InChI is InChI=1S/C22H21FN4O/c1-12-8-19-20(9-13(12)2)27-21(26-19)6-7-24-22(28)17-11-15-10-16(23)4-5-18(15)25-14(17)3/h4-5,8-11H,6-7H2,1-3H3,(H,24,28)(H,26,27). The number of hydrogen-bond acceptors (Lipinski definition) is 3. The van der Waals surface area contributed by atoms with Crippen LogP contribution in [0.15, 0.2) is 36.4 Å². The highest BCUT2D eigenvalue weighted by atomic mass is 19.1. The predicted molar refractivity (Wildman–Crippen MR) is 108 cm³/mol. The van der Waals surface area contributed by atoms with Crippen LogP contribution in [0.2, 0.25) is 0 Å². The van der Waals surface area contributed by atoms with Gasteiger partial charge in [0.25, 0.3) is 5.91 Å². The molecule has 6 heteroatoms. The Morgan fingerprint density at radius 3 is 2.64 bits per heavy atom. The lowest BCUT2D eigenvalue weighted by molar-refractivity contribution is 0.0953. The van der Waals surface area contributed by atoms with Gasteiger partial charge < -0.3 is 10.3 Å². The Balaban J connectivity index is 1.47. The molecule has 0 unspecified atom stereocenters. The maximum absolute atomic E-state index is 13.5. The van der Waals surface area contributed by atoms with Crippen LogP contribution < -0.4 is 5.32 Å². The zero-order valence-corrected chi connectivity index (χ0v) is 16.1. The minimum absolute atomic E-state index is 0.223. The summed E-state index contributed by atoms with van der Waals surface area (Å²) in [5, 5.41) is 3.51. The van der Waals surface area contributed by atoms with Crippen molar-refractivity contribution < 1.29 is 9.18 Å². The molecular weight excluding hydrogens is 355 g/mol. The van der Waals surface area contributed by atoms with E-state index in [1.165, 1.54) is 23.3 Å². The third-order valence-corrected chi connectivity index (χ3v) is 5.01. The van der Waals surface area contributed by atoms with Gasteiger partial charge in [0.2, 0.25) is 0 Å². The van der Waals surface area contributed by atoms with Gasteiger partial charge in [-0.25, -0.2) is 9.37 Å². The Bertz CT molecular complexity index is 1170. The molecule has 0 aliphatic rings. The highest BCUT2D eigenvalue weighted by molar-refractivity contribution is 5.98. The van der Waals surface area contributed by atoms with Gasteiger partial charge in [-0.15, -0.1) is 0 Å². The van der Waals surface area contributed by atoms with E-state index in [0.717, 1.165) is 16.9 Å². The van der Waals surface area contributed by atoms with E-state index in [4.69, 9.17) is 0 Å². The van der Waals surface area contributed by atoms with Crippen molar-refractivity contribution in [1.82, 2.24) is 20.3 Å².